The van der Waals surface area contributed by atoms with E-state index >= 15 is 0 Å². The minimum absolute atomic E-state index is 0.000905. The number of rotatable bonds is 10. The number of amides is 1. The van der Waals surface area contributed by atoms with Crippen LogP contribution < -0.4 is 19.1 Å². The zero-order valence-electron chi connectivity index (χ0n) is 21.1. The zero-order chi connectivity index (χ0) is 28.0. The fraction of sp³-hybridized carbons (Fsp3) is 0.103. The number of carbonyl (C=O) groups is 2. The molecule has 0 aliphatic rings. The van der Waals surface area contributed by atoms with E-state index in [-0.39, 0.29) is 33.4 Å². The maximum atomic E-state index is 13.7. The van der Waals surface area contributed by atoms with Gasteiger partial charge in [0.15, 0.2) is 17.3 Å². The highest BCUT2D eigenvalue weighted by molar-refractivity contribution is 7.92. The summed E-state index contributed by atoms with van der Waals surface area (Å²) in [5.74, 6) is -0.333. The number of ether oxygens (including phenoxy) is 2. The smallest absolute Gasteiger partial charge is 0.264 e. The van der Waals surface area contributed by atoms with Gasteiger partial charge in [-0.1, -0.05) is 60.1 Å². The van der Waals surface area contributed by atoms with Gasteiger partial charge in [-0.05, 0) is 42.5 Å². The van der Waals surface area contributed by atoms with Crippen LogP contribution in [0.2, 0.25) is 5.02 Å². The molecule has 0 heterocycles. The summed E-state index contributed by atoms with van der Waals surface area (Å²) >= 11 is 6.16. The minimum Gasteiger partial charge on any atom is -0.493 e. The maximum absolute atomic E-state index is 13.7. The van der Waals surface area contributed by atoms with Crippen LogP contribution in [0.15, 0.2) is 102 Å². The maximum Gasteiger partial charge on any atom is 0.264 e. The first kappa shape index (κ1) is 27.7. The molecular formula is C29H25ClN2O6S. The largest absolute Gasteiger partial charge is 0.493 e. The van der Waals surface area contributed by atoms with E-state index in [1.54, 1.807) is 54.6 Å². The third kappa shape index (κ3) is 6.22. The Kier molecular flexibility index (Phi) is 8.53. The van der Waals surface area contributed by atoms with Gasteiger partial charge < -0.3 is 14.8 Å². The van der Waals surface area contributed by atoms with Crippen LogP contribution in [0.3, 0.4) is 0 Å². The molecule has 4 aromatic carbocycles. The van der Waals surface area contributed by atoms with E-state index in [2.05, 4.69) is 5.32 Å². The van der Waals surface area contributed by atoms with Crippen LogP contribution in [0.5, 0.6) is 11.5 Å². The number of methoxy groups -OCH3 is 2. The van der Waals surface area contributed by atoms with Crippen molar-refractivity contribution < 1.29 is 27.5 Å². The highest BCUT2D eigenvalue weighted by Gasteiger charge is 2.28. The summed E-state index contributed by atoms with van der Waals surface area (Å²) in [7, 11) is -1.29. The van der Waals surface area contributed by atoms with Crippen molar-refractivity contribution in [2.75, 3.05) is 30.4 Å². The van der Waals surface area contributed by atoms with Gasteiger partial charge in [0.25, 0.3) is 10.0 Å². The molecule has 0 fully saturated rings. The van der Waals surface area contributed by atoms with E-state index < -0.39 is 22.5 Å². The number of anilines is 2. The molecule has 1 N–H and O–H groups in total. The third-order valence-electron chi connectivity index (χ3n) is 5.81. The van der Waals surface area contributed by atoms with Crippen molar-refractivity contribution in [2.45, 2.75) is 4.90 Å². The van der Waals surface area contributed by atoms with Crippen LogP contribution in [-0.4, -0.2) is 40.9 Å². The predicted molar refractivity (Wildman–Crippen MR) is 150 cm³/mol. The van der Waals surface area contributed by atoms with Gasteiger partial charge in [-0.25, -0.2) is 8.42 Å². The average molecular weight is 565 g/mol. The van der Waals surface area contributed by atoms with Gasteiger partial charge in [0, 0.05) is 22.2 Å². The van der Waals surface area contributed by atoms with Crippen LogP contribution in [0.1, 0.15) is 15.9 Å². The van der Waals surface area contributed by atoms with Crippen LogP contribution in [0, 0.1) is 0 Å². The number of benzene rings is 4. The number of hydrogen-bond acceptors (Lipinski definition) is 6. The first-order chi connectivity index (χ1) is 18.7. The molecule has 4 aromatic rings. The number of nitrogens with one attached hydrogen (secondary N) is 1. The summed E-state index contributed by atoms with van der Waals surface area (Å²) in [5, 5.41) is 2.99. The molecule has 0 atom stereocenters. The summed E-state index contributed by atoms with van der Waals surface area (Å²) in [6.07, 6.45) is 0. The molecule has 1 amide bonds. The van der Waals surface area contributed by atoms with Crippen LogP contribution >= 0.6 is 11.6 Å². The lowest BCUT2D eigenvalue weighted by atomic mass is 10.0. The van der Waals surface area contributed by atoms with Gasteiger partial charge in [0.1, 0.15) is 6.54 Å². The molecule has 0 saturated heterocycles. The molecule has 0 unspecified atom stereocenters. The highest BCUT2D eigenvalue weighted by Crippen LogP contribution is 2.34. The summed E-state index contributed by atoms with van der Waals surface area (Å²) in [6, 6.07) is 25.3. The summed E-state index contributed by atoms with van der Waals surface area (Å²) < 4.78 is 38.9. The van der Waals surface area contributed by atoms with Crippen molar-refractivity contribution in [2.24, 2.45) is 0 Å². The summed E-state index contributed by atoms with van der Waals surface area (Å²) in [6.45, 7) is -0.589. The second-order valence-electron chi connectivity index (χ2n) is 8.30. The number of nitrogens with zero attached hydrogens (tertiary/aromatic N) is 1. The Balaban J connectivity index is 1.70. The lowest BCUT2D eigenvalue weighted by molar-refractivity contribution is -0.114. The number of ketones is 1. The fourth-order valence-electron chi connectivity index (χ4n) is 3.89. The van der Waals surface area contributed by atoms with Crippen molar-refractivity contribution in [3.63, 3.8) is 0 Å². The molecule has 0 bridgehead atoms. The molecule has 0 saturated carbocycles. The number of halogens is 1. The van der Waals surface area contributed by atoms with Gasteiger partial charge in [0.2, 0.25) is 5.91 Å². The SMILES string of the molecule is COc1ccc(N(CC(=O)Nc2ccc(Cl)cc2C(=O)c2ccccc2)S(=O)(=O)c2ccccc2)cc1OC. The van der Waals surface area contributed by atoms with E-state index in [0.29, 0.717) is 16.3 Å². The molecule has 0 spiro atoms. The highest BCUT2D eigenvalue weighted by atomic mass is 35.5. The molecule has 0 aliphatic heterocycles. The monoisotopic (exact) mass is 564 g/mol. The van der Waals surface area contributed by atoms with E-state index in [1.807, 2.05) is 0 Å². The molecule has 39 heavy (non-hydrogen) atoms. The van der Waals surface area contributed by atoms with Crippen molar-refractivity contribution >= 4 is 44.7 Å². The van der Waals surface area contributed by atoms with Gasteiger partial charge in [-0.2, -0.15) is 0 Å². The molecule has 0 aliphatic carbocycles. The predicted octanol–water partition coefficient (Wildman–Crippen LogP) is 5.42. The van der Waals surface area contributed by atoms with Crippen molar-refractivity contribution in [3.8, 4) is 11.5 Å². The fourth-order valence-corrected chi connectivity index (χ4v) is 5.50. The van der Waals surface area contributed by atoms with E-state index in [1.165, 1.54) is 56.7 Å². The molecule has 10 heteroatoms. The molecular weight excluding hydrogens is 540 g/mol. The number of sulfonamides is 1. The van der Waals surface area contributed by atoms with Crippen LogP contribution in [0.25, 0.3) is 0 Å². The first-order valence-corrected chi connectivity index (χ1v) is 13.6. The third-order valence-corrected chi connectivity index (χ3v) is 7.83. The summed E-state index contributed by atoms with van der Waals surface area (Å²) in [5.41, 5.74) is 0.963. The van der Waals surface area contributed by atoms with Gasteiger partial charge in [0.05, 0.1) is 30.5 Å². The molecule has 0 aromatic heterocycles. The molecule has 200 valence electrons. The average Bonchev–Trinajstić information content (AvgIpc) is 2.97. The molecule has 0 radical (unpaired) electrons. The topological polar surface area (TPSA) is 102 Å². The Labute approximate surface area is 231 Å². The Morgan fingerprint density at radius 2 is 1.46 bits per heavy atom. The quantitative estimate of drug-likeness (QED) is 0.258. The van der Waals surface area contributed by atoms with Crippen LogP contribution in [-0.2, 0) is 14.8 Å². The van der Waals surface area contributed by atoms with Gasteiger partial charge >= 0.3 is 0 Å². The lowest BCUT2D eigenvalue weighted by Gasteiger charge is -2.25. The molecule has 8 nitrogen and oxygen atoms in total. The zero-order valence-corrected chi connectivity index (χ0v) is 22.7. The normalized spacial score (nSPS) is 10.9. The van der Waals surface area contributed by atoms with Gasteiger partial charge in [-0.3, -0.25) is 13.9 Å². The Morgan fingerprint density at radius 1 is 0.821 bits per heavy atom. The number of carbonyl (C=O) groups excluding carboxylic acids is 2. The van der Waals surface area contributed by atoms with E-state index in [0.717, 1.165) is 4.31 Å². The first-order valence-electron chi connectivity index (χ1n) is 11.7. The lowest BCUT2D eigenvalue weighted by Crippen LogP contribution is -2.38. The summed E-state index contributed by atoms with van der Waals surface area (Å²) in [4.78, 5) is 26.5. The van der Waals surface area contributed by atoms with Gasteiger partial charge in [-0.15, -0.1) is 0 Å². The number of hydrogen-bond donors (Lipinski definition) is 1. The Hall–Kier alpha value is -4.34. The van der Waals surface area contributed by atoms with Crippen molar-refractivity contribution in [1.29, 1.82) is 0 Å². The van der Waals surface area contributed by atoms with E-state index in [9.17, 15) is 18.0 Å². The second-order valence-corrected chi connectivity index (χ2v) is 10.6. The standard InChI is InChI=1S/C29H25ClN2O6S/c1-37-26-16-14-22(18-27(26)38-2)32(39(35,36)23-11-7-4-8-12-23)19-28(33)31-25-15-13-21(30)17-24(25)29(34)20-9-5-3-6-10-20/h3-18H,19H2,1-2H3,(H,31,33). The van der Waals surface area contributed by atoms with Crippen molar-refractivity contribution in [1.82, 2.24) is 0 Å². The second kappa shape index (κ2) is 12.0. The molecule has 4 rings (SSSR count). The Morgan fingerprint density at radius 3 is 2.10 bits per heavy atom. The van der Waals surface area contributed by atoms with E-state index in [4.69, 9.17) is 21.1 Å². The Bertz CT molecular complexity index is 1600. The van der Waals surface area contributed by atoms with Crippen LogP contribution in [0.4, 0.5) is 11.4 Å². The van der Waals surface area contributed by atoms with Crippen molar-refractivity contribution in [3.05, 3.63) is 113 Å². The minimum atomic E-state index is -4.17.